The van der Waals surface area contributed by atoms with Crippen LogP contribution in [0.25, 0.3) is 0 Å². The van der Waals surface area contributed by atoms with E-state index < -0.39 is 9.84 Å². The molecule has 1 N–H and O–H groups in total. The molecule has 0 atom stereocenters. The van der Waals surface area contributed by atoms with E-state index in [4.69, 9.17) is 0 Å². The maximum absolute atomic E-state index is 11.5. The molecule has 1 aliphatic carbocycles. The molecule has 0 aromatic carbocycles. The van der Waals surface area contributed by atoms with Gasteiger partial charge in [0.05, 0.1) is 11.5 Å². The summed E-state index contributed by atoms with van der Waals surface area (Å²) in [6.45, 7) is 2.76. The summed E-state index contributed by atoms with van der Waals surface area (Å²) in [5.74, 6) is 2.90. The molecule has 2 heterocycles. The number of hydrogen-bond acceptors (Lipinski definition) is 5. The van der Waals surface area contributed by atoms with Gasteiger partial charge < -0.3 is 5.32 Å². The predicted molar refractivity (Wildman–Crippen MR) is 83.3 cm³/mol. The van der Waals surface area contributed by atoms with Crippen LogP contribution in [0.3, 0.4) is 0 Å². The smallest absolute Gasteiger partial charge is 0.150 e. The Labute approximate surface area is 126 Å². The first-order chi connectivity index (χ1) is 10.0. The van der Waals surface area contributed by atoms with Gasteiger partial charge in [-0.3, -0.25) is 0 Å². The zero-order chi connectivity index (χ0) is 14.9. The van der Waals surface area contributed by atoms with E-state index >= 15 is 0 Å². The Hall–Kier alpha value is -1.17. The molecule has 5 nitrogen and oxygen atoms in total. The van der Waals surface area contributed by atoms with Gasteiger partial charge in [-0.1, -0.05) is 0 Å². The highest BCUT2D eigenvalue weighted by atomic mass is 32.2. The number of aromatic nitrogens is 2. The first kappa shape index (κ1) is 14.8. The molecule has 1 aromatic rings. The summed E-state index contributed by atoms with van der Waals surface area (Å²) >= 11 is 0. The molecule has 3 rings (SSSR count). The number of sulfone groups is 1. The van der Waals surface area contributed by atoms with Crippen LogP contribution in [0.15, 0.2) is 0 Å². The molecule has 0 spiro atoms. The lowest BCUT2D eigenvalue weighted by Crippen LogP contribution is -2.28. The Morgan fingerprint density at radius 1 is 1.14 bits per heavy atom. The fourth-order valence-electron chi connectivity index (χ4n) is 3.25. The van der Waals surface area contributed by atoms with Gasteiger partial charge in [0.1, 0.15) is 21.5 Å². The lowest BCUT2D eigenvalue weighted by Gasteiger charge is -2.24. The van der Waals surface area contributed by atoms with Crippen LogP contribution in [-0.4, -0.2) is 36.4 Å². The van der Waals surface area contributed by atoms with Gasteiger partial charge in [-0.05, 0) is 51.4 Å². The van der Waals surface area contributed by atoms with Gasteiger partial charge in [0, 0.05) is 17.8 Å². The number of nitrogens with one attached hydrogen (secondary N) is 1. The van der Waals surface area contributed by atoms with E-state index in [-0.39, 0.29) is 0 Å². The minimum Gasteiger partial charge on any atom is -0.369 e. The fourth-order valence-corrected chi connectivity index (χ4v) is 4.84. The molecular formula is C15H23N3O2S. The van der Waals surface area contributed by atoms with Gasteiger partial charge in [-0.2, -0.15) is 0 Å². The van der Waals surface area contributed by atoms with E-state index in [0.29, 0.717) is 17.4 Å². The van der Waals surface area contributed by atoms with Crippen molar-refractivity contribution in [2.24, 2.45) is 5.92 Å². The van der Waals surface area contributed by atoms with Gasteiger partial charge in [-0.15, -0.1) is 0 Å². The third kappa shape index (κ3) is 3.54. The molecule has 21 heavy (non-hydrogen) atoms. The second-order valence-corrected chi connectivity index (χ2v) is 8.53. The molecule has 0 amide bonds. The summed E-state index contributed by atoms with van der Waals surface area (Å²) in [6.07, 6.45) is 6.05. The van der Waals surface area contributed by atoms with E-state index in [1.165, 1.54) is 24.1 Å². The van der Waals surface area contributed by atoms with Crippen molar-refractivity contribution in [3.63, 3.8) is 0 Å². The Morgan fingerprint density at radius 2 is 1.86 bits per heavy atom. The fraction of sp³-hybridized carbons (Fsp3) is 0.733. The number of fused-ring (bicyclic) bond motifs is 1. The minimum atomic E-state index is -2.77. The summed E-state index contributed by atoms with van der Waals surface area (Å²) < 4.78 is 22.9. The molecule has 2 aliphatic rings. The second kappa shape index (κ2) is 5.91. The van der Waals surface area contributed by atoms with Crippen LogP contribution in [-0.2, 0) is 22.7 Å². The van der Waals surface area contributed by atoms with Gasteiger partial charge in [0.25, 0.3) is 0 Å². The summed E-state index contributed by atoms with van der Waals surface area (Å²) in [6, 6.07) is 0. The molecule has 0 bridgehead atoms. The predicted octanol–water partition coefficient (Wildman–Crippen LogP) is 1.90. The van der Waals surface area contributed by atoms with Crippen LogP contribution in [0, 0.1) is 12.8 Å². The highest BCUT2D eigenvalue weighted by Crippen LogP contribution is 2.26. The minimum absolute atomic E-state index is 0.334. The van der Waals surface area contributed by atoms with Crippen molar-refractivity contribution >= 4 is 15.7 Å². The molecule has 1 aliphatic heterocycles. The monoisotopic (exact) mass is 309 g/mol. The highest BCUT2D eigenvalue weighted by Gasteiger charge is 2.24. The SMILES string of the molecule is Cc1nc2c(c(NCC3CCS(=O)(=O)CC3)n1)CCCC2. The standard InChI is InChI=1S/C15H23N3O2S/c1-11-17-14-5-3-2-4-13(14)15(18-11)16-10-12-6-8-21(19,20)9-7-12/h12H,2-10H2,1H3,(H,16,17,18). The van der Waals surface area contributed by atoms with Crippen LogP contribution >= 0.6 is 0 Å². The molecule has 0 radical (unpaired) electrons. The number of anilines is 1. The zero-order valence-electron chi connectivity index (χ0n) is 12.6. The average Bonchev–Trinajstić information content (AvgIpc) is 2.45. The molecule has 116 valence electrons. The van der Waals surface area contributed by atoms with E-state index in [1.54, 1.807) is 0 Å². The lowest BCUT2D eigenvalue weighted by atomic mass is 9.96. The summed E-state index contributed by atoms with van der Waals surface area (Å²) in [5.41, 5.74) is 2.47. The summed E-state index contributed by atoms with van der Waals surface area (Å²) in [5, 5.41) is 3.46. The molecule has 6 heteroatoms. The van der Waals surface area contributed by atoms with Crippen LogP contribution in [0.2, 0.25) is 0 Å². The van der Waals surface area contributed by atoms with E-state index in [1.807, 2.05) is 6.92 Å². The Morgan fingerprint density at radius 3 is 2.62 bits per heavy atom. The van der Waals surface area contributed by atoms with Gasteiger partial charge in [0.2, 0.25) is 0 Å². The van der Waals surface area contributed by atoms with Gasteiger partial charge in [0.15, 0.2) is 0 Å². The lowest BCUT2D eigenvalue weighted by molar-refractivity contribution is 0.483. The average molecular weight is 309 g/mol. The first-order valence-corrected chi connectivity index (χ1v) is 9.66. The topological polar surface area (TPSA) is 72.0 Å². The quantitative estimate of drug-likeness (QED) is 0.923. The van der Waals surface area contributed by atoms with E-state index in [2.05, 4.69) is 15.3 Å². The summed E-state index contributed by atoms with van der Waals surface area (Å²) in [4.78, 5) is 9.12. The maximum Gasteiger partial charge on any atom is 0.150 e. The third-order valence-corrected chi connectivity index (χ3v) is 6.24. The molecule has 1 aromatic heterocycles. The van der Waals surface area contributed by atoms with Crippen molar-refractivity contribution in [1.82, 2.24) is 9.97 Å². The van der Waals surface area contributed by atoms with E-state index in [0.717, 1.165) is 43.9 Å². The number of hydrogen-bond donors (Lipinski definition) is 1. The zero-order valence-corrected chi connectivity index (χ0v) is 13.4. The van der Waals surface area contributed by atoms with Crippen molar-refractivity contribution in [3.8, 4) is 0 Å². The molecule has 0 unspecified atom stereocenters. The second-order valence-electron chi connectivity index (χ2n) is 6.23. The van der Waals surface area contributed by atoms with Crippen molar-refractivity contribution in [3.05, 3.63) is 17.1 Å². The Bertz CT molecular complexity index is 614. The first-order valence-electron chi connectivity index (χ1n) is 7.84. The van der Waals surface area contributed by atoms with Gasteiger partial charge in [-0.25, -0.2) is 18.4 Å². The normalized spacial score (nSPS) is 21.8. The van der Waals surface area contributed by atoms with E-state index in [9.17, 15) is 8.42 Å². The maximum atomic E-state index is 11.5. The molecular weight excluding hydrogens is 286 g/mol. The van der Waals surface area contributed by atoms with Crippen molar-refractivity contribution in [1.29, 1.82) is 0 Å². The van der Waals surface area contributed by atoms with Crippen LogP contribution in [0.4, 0.5) is 5.82 Å². The highest BCUT2D eigenvalue weighted by molar-refractivity contribution is 7.91. The Kier molecular flexibility index (Phi) is 4.15. The molecule has 0 saturated carbocycles. The van der Waals surface area contributed by atoms with Crippen molar-refractivity contribution in [2.45, 2.75) is 45.4 Å². The molecule has 1 saturated heterocycles. The molecule has 1 fully saturated rings. The van der Waals surface area contributed by atoms with Crippen molar-refractivity contribution in [2.75, 3.05) is 23.4 Å². The summed E-state index contributed by atoms with van der Waals surface area (Å²) in [7, 11) is -2.77. The van der Waals surface area contributed by atoms with Crippen molar-refractivity contribution < 1.29 is 8.42 Å². The van der Waals surface area contributed by atoms with Crippen LogP contribution < -0.4 is 5.32 Å². The largest absolute Gasteiger partial charge is 0.369 e. The number of rotatable bonds is 3. The van der Waals surface area contributed by atoms with Crippen LogP contribution in [0.5, 0.6) is 0 Å². The number of aryl methyl sites for hydroxylation is 2. The number of nitrogens with zero attached hydrogens (tertiary/aromatic N) is 2. The van der Waals surface area contributed by atoms with Crippen LogP contribution in [0.1, 0.15) is 42.8 Å². The third-order valence-electron chi connectivity index (χ3n) is 4.53. The Balaban J connectivity index is 1.67. The van der Waals surface area contributed by atoms with Gasteiger partial charge >= 0.3 is 0 Å².